The van der Waals surface area contributed by atoms with Crippen molar-refractivity contribution in [1.29, 1.82) is 0 Å². The molecule has 7 heteroatoms. The molecule has 2 N–H and O–H groups in total. The topological polar surface area (TPSA) is 64.9 Å². The summed E-state index contributed by atoms with van der Waals surface area (Å²) in [6.45, 7) is 2.07. The van der Waals surface area contributed by atoms with Gasteiger partial charge < -0.3 is 10.3 Å². The minimum atomic E-state index is -0.336. The zero-order valence-electron chi connectivity index (χ0n) is 9.11. The Labute approximate surface area is 120 Å². The molecule has 0 aromatic carbocycles. The van der Waals surface area contributed by atoms with Crippen molar-refractivity contribution in [2.75, 3.05) is 0 Å². The first kappa shape index (κ1) is 13.2. The van der Waals surface area contributed by atoms with Crippen LogP contribution in [0.3, 0.4) is 0 Å². The summed E-state index contributed by atoms with van der Waals surface area (Å²) in [5.74, 6) is 1.18. The lowest BCUT2D eigenvalue weighted by atomic mass is 10.2. The van der Waals surface area contributed by atoms with Gasteiger partial charge in [-0.25, -0.2) is 0 Å². The van der Waals surface area contributed by atoms with E-state index in [1.54, 1.807) is 11.3 Å². The van der Waals surface area contributed by atoms with Crippen molar-refractivity contribution in [2.24, 2.45) is 5.73 Å². The monoisotopic (exact) mass is 379 g/mol. The second-order valence-electron chi connectivity index (χ2n) is 3.54. The Morgan fingerprint density at radius 2 is 2.29 bits per heavy atom. The number of aryl methyl sites for hydroxylation is 1. The molecule has 0 bridgehead atoms. The largest absolute Gasteiger partial charge is 0.339 e. The van der Waals surface area contributed by atoms with E-state index in [-0.39, 0.29) is 6.04 Å². The van der Waals surface area contributed by atoms with Gasteiger partial charge in [0.05, 0.1) is 3.79 Å². The smallest absolute Gasteiger partial charge is 0.226 e. The average molecular weight is 381 g/mol. The number of nitrogens with two attached hydrogens (primary N) is 1. The molecule has 0 spiro atoms. The normalized spacial score (nSPS) is 12.9. The fourth-order valence-electron chi connectivity index (χ4n) is 1.35. The van der Waals surface area contributed by atoms with Gasteiger partial charge in [0, 0.05) is 15.8 Å². The summed E-state index contributed by atoms with van der Waals surface area (Å²) in [6, 6.07) is 1.63. The first-order chi connectivity index (χ1) is 8.11. The molecule has 2 aromatic rings. The van der Waals surface area contributed by atoms with Crippen molar-refractivity contribution in [3.63, 3.8) is 0 Å². The maximum atomic E-state index is 6.09. The van der Waals surface area contributed by atoms with E-state index >= 15 is 0 Å². The first-order valence-electron chi connectivity index (χ1n) is 5.14. The quantitative estimate of drug-likeness (QED) is 0.878. The highest BCUT2D eigenvalue weighted by molar-refractivity contribution is 9.13. The number of rotatable bonds is 4. The molecule has 2 rings (SSSR count). The molecule has 0 radical (unpaired) electrons. The first-order valence-corrected chi connectivity index (χ1v) is 7.54. The van der Waals surface area contributed by atoms with Gasteiger partial charge in [0.25, 0.3) is 0 Å². The number of thiophene rings is 1. The molecule has 17 heavy (non-hydrogen) atoms. The van der Waals surface area contributed by atoms with E-state index in [0.29, 0.717) is 11.7 Å². The highest BCUT2D eigenvalue weighted by Gasteiger charge is 2.19. The van der Waals surface area contributed by atoms with Crippen LogP contribution in [-0.4, -0.2) is 10.1 Å². The van der Waals surface area contributed by atoms with Crippen LogP contribution in [0.4, 0.5) is 0 Å². The molecular formula is C10H11Br2N3OS. The molecule has 2 aromatic heterocycles. The van der Waals surface area contributed by atoms with E-state index in [1.807, 2.05) is 6.07 Å². The molecule has 0 aliphatic heterocycles. The summed E-state index contributed by atoms with van der Waals surface area (Å²) < 4.78 is 7.13. The molecule has 1 atom stereocenters. The molecule has 0 fully saturated rings. The summed E-state index contributed by atoms with van der Waals surface area (Å²) in [7, 11) is 0. The molecule has 2 heterocycles. The molecule has 0 amide bonds. The van der Waals surface area contributed by atoms with Crippen LogP contribution in [0, 0.1) is 0 Å². The molecule has 4 nitrogen and oxygen atoms in total. The van der Waals surface area contributed by atoms with Crippen LogP contribution in [-0.2, 0) is 6.42 Å². The van der Waals surface area contributed by atoms with E-state index in [9.17, 15) is 0 Å². The fourth-order valence-corrected chi connectivity index (χ4v) is 3.44. The summed E-state index contributed by atoms with van der Waals surface area (Å²) in [5, 5.41) is 3.91. The van der Waals surface area contributed by atoms with Gasteiger partial charge in [0.15, 0.2) is 5.82 Å². The van der Waals surface area contributed by atoms with Crippen molar-refractivity contribution in [3.8, 4) is 0 Å². The lowest BCUT2D eigenvalue weighted by Gasteiger charge is -2.01. The van der Waals surface area contributed by atoms with E-state index in [4.69, 9.17) is 10.3 Å². The highest BCUT2D eigenvalue weighted by Crippen LogP contribution is 2.36. The molecule has 1 unspecified atom stereocenters. The number of hydrogen-bond acceptors (Lipinski definition) is 5. The van der Waals surface area contributed by atoms with Gasteiger partial charge in [-0.05, 0) is 44.3 Å². The Morgan fingerprint density at radius 1 is 1.53 bits per heavy atom. The molecule has 92 valence electrons. The molecule has 0 saturated carbocycles. The summed E-state index contributed by atoms with van der Waals surface area (Å²) in [4.78, 5) is 5.28. The zero-order valence-corrected chi connectivity index (χ0v) is 13.1. The Bertz CT molecular complexity index is 492. The Balaban J connectivity index is 2.20. The highest BCUT2D eigenvalue weighted by atomic mass is 79.9. The van der Waals surface area contributed by atoms with Crippen molar-refractivity contribution >= 4 is 43.2 Å². The second-order valence-corrected chi connectivity index (χ2v) is 6.80. The van der Waals surface area contributed by atoms with Crippen LogP contribution >= 0.6 is 43.2 Å². The zero-order chi connectivity index (χ0) is 12.4. The minimum absolute atomic E-state index is 0.336. The van der Waals surface area contributed by atoms with Crippen LogP contribution in [0.5, 0.6) is 0 Å². The summed E-state index contributed by atoms with van der Waals surface area (Å²) in [5.41, 5.74) is 6.09. The van der Waals surface area contributed by atoms with Crippen LogP contribution in [0.25, 0.3) is 0 Å². The van der Waals surface area contributed by atoms with Crippen molar-refractivity contribution in [1.82, 2.24) is 10.1 Å². The summed E-state index contributed by atoms with van der Waals surface area (Å²) in [6.07, 6.45) is 1.77. The fraction of sp³-hybridized carbons (Fsp3) is 0.400. The summed E-state index contributed by atoms with van der Waals surface area (Å²) >= 11 is 8.43. The third-order valence-electron chi connectivity index (χ3n) is 2.20. The van der Waals surface area contributed by atoms with Gasteiger partial charge in [0.2, 0.25) is 5.89 Å². The Hall–Kier alpha value is -0.240. The third kappa shape index (κ3) is 2.96. The van der Waals surface area contributed by atoms with Gasteiger partial charge in [-0.15, -0.1) is 11.3 Å². The molecule has 0 aliphatic rings. The van der Waals surface area contributed by atoms with Gasteiger partial charge in [0.1, 0.15) is 6.04 Å². The number of halogens is 2. The maximum absolute atomic E-state index is 6.09. The standard InChI is InChI=1S/C10H11Br2N3OS/c1-2-3-7-14-10(15-16-7)8(13)6-4-5(11)9(12)17-6/h4,8H,2-3,13H2,1H3. The predicted octanol–water partition coefficient (Wildman–Crippen LogP) is 3.66. The Kier molecular flexibility index (Phi) is 4.35. The van der Waals surface area contributed by atoms with Gasteiger partial charge >= 0.3 is 0 Å². The SMILES string of the molecule is CCCc1nc(C(N)c2cc(Br)c(Br)s2)no1. The predicted molar refractivity (Wildman–Crippen MR) is 74.0 cm³/mol. The van der Waals surface area contributed by atoms with Crippen LogP contribution in [0.15, 0.2) is 18.8 Å². The van der Waals surface area contributed by atoms with Crippen molar-refractivity contribution in [3.05, 3.63) is 30.9 Å². The van der Waals surface area contributed by atoms with E-state index in [0.717, 1.165) is 26.0 Å². The van der Waals surface area contributed by atoms with Crippen LogP contribution in [0.1, 0.15) is 36.0 Å². The molecule has 0 saturated heterocycles. The Morgan fingerprint density at radius 3 is 2.88 bits per heavy atom. The second kappa shape index (κ2) is 5.60. The maximum Gasteiger partial charge on any atom is 0.226 e. The van der Waals surface area contributed by atoms with Crippen LogP contribution < -0.4 is 5.73 Å². The van der Waals surface area contributed by atoms with E-state index < -0.39 is 0 Å². The number of hydrogen-bond donors (Lipinski definition) is 1. The minimum Gasteiger partial charge on any atom is -0.339 e. The van der Waals surface area contributed by atoms with E-state index in [1.165, 1.54) is 0 Å². The average Bonchev–Trinajstić information content (AvgIpc) is 2.87. The number of aromatic nitrogens is 2. The van der Waals surface area contributed by atoms with Crippen molar-refractivity contribution in [2.45, 2.75) is 25.8 Å². The third-order valence-corrected chi connectivity index (χ3v) is 5.54. The van der Waals surface area contributed by atoms with Gasteiger partial charge in [-0.1, -0.05) is 12.1 Å². The van der Waals surface area contributed by atoms with Crippen molar-refractivity contribution < 1.29 is 4.52 Å². The van der Waals surface area contributed by atoms with Crippen LogP contribution in [0.2, 0.25) is 0 Å². The van der Waals surface area contributed by atoms with E-state index in [2.05, 4.69) is 48.9 Å². The lowest BCUT2D eigenvalue weighted by Crippen LogP contribution is -2.12. The molecular weight excluding hydrogens is 370 g/mol. The van der Waals surface area contributed by atoms with Gasteiger partial charge in [-0.3, -0.25) is 0 Å². The molecule has 0 aliphatic carbocycles. The van der Waals surface area contributed by atoms with Gasteiger partial charge in [-0.2, -0.15) is 4.98 Å². The lowest BCUT2D eigenvalue weighted by molar-refractivity contribution is 0.370. The number of nitrogens with zero attached hydrogens (tertiary/aromatic N) is 2.